The number of benzene rings is 1. The van der Waals surface area contributed by atoms with Crippen molar-refractivity contribution in [3.63, 3.8) is 0 Å². The Hall–Kier alpha value is -3.17. The van der Waals surface area contributed by atoms with Crippen molar-refractivity contribution in [1.29, 1.82) is 0 Å². The quantitative estimate of drug-likeness (QED) is 0.500. The zero-order valence-corrected chi connectivity index (χ0v) is 17.6. The van der Waals surface area contributed by atoms with Gasteiger partial charge in [0.25, 0.3) is 0 Å². The normalized spacial score (nSPS) is 21.1. The standard InChI is InChI=1S/C21H24N6O2S/c1-3-15-13(2)22-20(25-19(15)28)27-17(23-21(29)24-18-10-7-11-30-18)12-16(26-27)14-8-5-4-6-9-14/h4-13,15,20,22H,3H2,1-2H3,(H,25,28)(H2,23,24,29). The molecule has 4 rings (SSSR count). The van der Waals surface area contributed by atoms with Crippen molar-refractivity contribution < 1.29 is 9.59 Å². The molecule has 30 heavy (non-hydrogen) atoms. The number of aromatic nitrogens is 2. The van der Waals surface area contributed by atoms with Crippen molar-refractivity contribution in [2.24, 2.45) is 5.92 Å². The van der Waals surface area contributed by atoms with E-state index in [1.165, 1.54) is 11.3 Å². The van der Waals surface area contributed by atoms with E-state index in [1.807, 2.05) is 61.7 Å². The van der Waals surface area contributed by atoms with Gasteiger partial charge in [0.2, 0.25) is 5.91 Å². The maximum absolute atomic E-state index is 12.6. The maximum Gasteiger partial charge on any atom is 0.325 e. The third-order valence-corrected chi connectivity index (χ3v) is 5.91. The number of nitrogens with zero attached hydrogens (tertiary/aromatic N) is 2. The average Bonchev–Trinajstić information content (AvgIpc) is 3.38. The molecule has 3 unspecified atom stereocenters. The summed E-state index contributed by atoms with van der Waals surface area (Å²) in [6, 6.07) is 14.8. The number of urea groups is 1. The van der Waals surface area contributed by atoms with Crippen LogP contribution in [0.2, 0.25) is 0 Å². The summed E-state index contributed by atoms with van der Waals surface area (Å²) < 4.78 is 1.61. The van der Waals surface area contributed by atoms with Gasteiger partial charge in [0, 0.05) is 17.7 Å². The smallest absolute Gasteiger partial charge is 0.322 e. The van der Waals surface area contributed by atoms with Gasteiger partial charge in [-0.3, -0.25) is 20.7 Å². The number of rotatable bonds is 5. The first-order valence-corrected chi connectivity index (χ1v) is 10.8. The van der Waals surface area contributed by atoms with Crippen LogP contribution in [-0.4, -0.2) is 27.8 Å². The Morgan fingerprint density at radius 3 is 2.67 bits per heavy atom. The monoisotopic (exact) mass is 424 g/mol. The molecule has 8 nitrogen and oxygen atoms in total. The first kappa shape index (κ1) is 20.1. The molecule has 3 amide bonds. The Morgan fingerprint density at radius 1 is 1.20 bits per heavy atom. The Kier molecular flexibility index (Phi) is 5.82. The fraction of sp³-hybridized carbons (Fsp3) is 0.286. The summed E-state index contributed by atoms with van der Waals surface area (Å²) in [5.41, 5.74) is 1.61. The van der Waals surface area contributed by atoms with Crippen LogP contribution in [-0.2, 0) is 4.79 Å². The molecule has 2 aromatic heterocycles. The molecule has 3 atom stereocenters. The lowest BCUT2D eigenvalue weighted by Crippen LogP contribution is -2.57. The van der Waals surface area contributed by atoms with E-state index in [1.54, 1.807) is 10.7 Å². The van der Waals surface area contributed by atoms with Crippen LogP contribution in [0.3, 0.4) is 0 Å². The molecule has 0 saturated carbocycles. The van der Waals surface area contributed by atoms with Crippen molar-refractivity contribution in [3.8, 4) is 11.3 Å². The molecule has 0 spiro atoms. The Balaban J connectivity index is 1.63. The van der Waals surface area contributed by atoms with Crippen LogP contribution in [0.1, 0.15) is 26.6 Å². The Bertz CT molecular complexity index is 1020. The van der Waals surface area contributed by atoms with Gasteiger partial charge in [-0.15, -0.1) is 11.3 Å². The van der Waals surface area contributed by atoms with Crippen LogP contribution >= 0.6 is 11.3 Å². The number of hydrogen-bond donors (Lipinski definition) is 4. The summed E-state index contributed by atoms with van der Waals surface area (Å²) in [5, 5.41) is 19.3. The van der Waals surface area contributed by atoms with E-state index in [-0.39, 0.29) is 23.9 Å². The second kappa shape index (κ2) is 8.68. The fourth-order valence-corrected chi connectivity index (χ4v) is 4.20. The second-order valence-corrected chi connectivity index (χ2v) is 8.11. The highest BCUT2D eigenvalue weighted by Crippen LogP contribution is 2.26. The summed E-state index contributed by atoms with van der Waals surface area (Å²) in [4.78, 5) is 25.1. The van der Waals surface area contributed by atoms with Gasteiger partial charge < -0.3 is 5.32 Å². The summed E-state index contributed by atoms with van der Waals surface area (Å²) in [5.74, 6) is 0.339. The Morgan fingerprint density at radius 2 is 2.00 bits per heavy atom. The first-order chi connectivity index (χ1) is 14.5. The maximum atomic E-state index is 12.6. The van der Waals surface area contributed by atoms with Gasteiger partial charge >= 0.3 is 6.03 Å². The molecular formula is C21H24N6O2S. The Labute approximate surface area is 178 Å². The van der Waals surface area contributed by atoms with Gasteiger partial charge in [-0.2, -0.15) is 5.10 Å². The summed E-state index contributed by atoms with van der Waals surface area (Å²) in [6.07, 6.45) is 0.180. The zero-order chi connectivity index (χ0) is 21.1. The first-order valence-electron chi connectivity index (χ1n) is 9.88. The third kappa shape index (κ3) is 4.22. The van der Waals surface area contributed by atoms with E-state index in [0.717, 1.165) is 17.0 Å². The molecule has 0 bridgehead atoms. The summed E-state index contributed by atoms with van der Waals surface area (Å²) in [6.45, 7) is 3.98. The predicted molar refractivity (Wildman–Crippen MR) is 118 cm³/mol. The van der Waals surface area contributed by atoms with Crippen molar-refractivity contribution in [1.82, 2.24) is 20.4 Å². The van der Waals surface area contributed by atoms with Gasteiger partial charge in [-0.25, -0.2) is 9.48 Å². The minimum atomic E-state index is -0.565. The van der Waals surface area contributed by atoms with E-state index >= 15 is 0 Å². The number of hydrogen-bond acceptors (Lipinski definition) is 5. The number of thiophene rings is 1. The average molecular weight is 425 g/mol. The van der Waals surface area contributed by atoms with Gasteiger partial charge in [-0.05, 0) is 30.9 Å². The summed E-state index contributed by atoms with van der Waals surface area (Å²) in [7, 11) is 0. The van der Waals surface area contributed by atoms with Crippen molar-refractivity contribution in [2.45, 2.75) is 32.6 Å². The molecule has 1 fully saturated rings. The largest absolute Gasteiger partial charge is 0.325 e. The van der Waals surface area contributed by atoms with Crippen LogP contribution in [0.4, 0.5) is 15.6 Å². The predicted octanol–water partition coefficient (Wildman–Crippen LogP) is 3.85. The van der Waals surface area contributed by atoms with Gasteiger partial charge in [0.1, 0.15) is 5.82 Å². The third-order valence-electron chi connectivity index (χ3n) is 5.13. The van der Waals surface area contributed by atoms with Crippen molar-refractivity contribution in [2.75, 3.05) is 10.6 Å². The minimum Gasteiger partial charge on any atom is -0.322 e. The topological polar surface area (TPSA) is 100 Å². The lowest BCUT2D eigenvalue weighted by Gasteiger charge is -2.35. The van der Waals surface area contributed by atoms with Crippen LogP contribution in [0.5, 0.6) is 0 Å². The molecule has 3 aromatic rings. The van der Waals surface area contributed by atoms with Gasteiger partial charge in [0.15, 0.2) is 6.29 Å². The molecular weight excluding hydrogens is 400 g/mol. The van der Waals surface area contributed by atoms with E-state index < -0.39 is 6.29 Å². The molecule has 1 aliphatic heterocycles. The minimum absolute atomic E-state index is 0.0223. The van der Waals surface area contributed by atoms with Crippen LogP contribution in [0.25, 0.3) is 11.3 Å². The lowest BCUT2D eigenvalue weighted by atomic mass is 9.95. The number of carbonyl (C=O) groups excluding carboxylic acids is 2. The highest BCUT2D eigenvalue weighted by molar-refractivity contribution is 7.14. The van der Waals surface area contributed by atoms with Gasteiger partial charge in [0.05, 0.1) is 16.6 Å². The van der Waals surface area contributed by atoms with Gasteiger partial charge in [-0.1, -0.05) is 37.3 Å². The lowest BCUT2D eigenvalue weighted by molar-refractivity contribution is -0.130. The van der Waals surface area contributed by atoms with Crippen LogP contribution < -0.4 is 21.3 Å². The van der Waals surface area contributed by atoms with Crippen molar-refractivity contribution in [3.05, 3.63) is 53.9 Å². The molecule has 4 N–H and O–H groups in total. The number of carbonyl (C=O) groups is 2. The number of nitrogens with one attached hydrogen (secondary N) is 4. The van der Waals surface area contributed by atoms with Crippen LogP contribution in [0, 0.1) is 5.92 Å². The number of anilines is 2. The molecule has 1 saturated heterocycles. The molecule has 0 aliphatic carbocycles. The van der Waals surface area contributed by atoms with Crippen LogP contribution in [0.15, 0.2) is 53.9 Å². The highest BCUT2D eigenvalue weighted by atomic mass is 32.1. The fourth-order valence-electron chi connectivity index (χ4n) is 3.59. The van der Waals surface area contributed by atoms with Crippen molar-refractivity contribution >= 4 is 34.1 Å². The molecule has 0 radical (unpaired) electrons. The highest BCUT2D eigenvalue weighted by Gasteiger charge is 2.34. The molecule has 3 heterocycles. The SMILES string of the molecule is CCC1C(=O)NC(n2nc(-c3ccccc3)cc2NC(=O)Nc2cccs2)NC1C. The van der Waals surface area contributed by atoms with E-state index in [2.05, 4.69) is 26.4 Å². The van der Waals surface area contributed by atoms with E-state index in [4.69, 9.17) is 0 Å². The molecule has 9 heteroatoms. The zero-order valence-electron chi connectivity index (χ0n) is 16.8. The number of amides is 3. The molecule has 1 aliphatic rings. The second-order valence-electron chi connectivity index (χ2n) is 7.16. The molecule has 156 valence electrons. The van der Waals surface area contributed by atoms with E-state index in [0.29, 0.717) is 11.5 Å². The van der Waals surface area contributed by atoms with E-state index in [9.17, 15) is 9.59 Å². The summed E-state index contributed by atoms with van der Waals surface area (Å²) >= 11 is 1.44. The molecule has 1 aromatic carbocycles.